The molecule has 4 nitrogen and oxygen atoms in total. The second kappa shape index (κ2) is 6.34. The predicted molar refractivity (Wildman–Crippen MR) is 86.6 cm³/mol. The Bertz CT molecular complexity index is 685. The van der Waals surface area contributed by atoms with Crippen molar-refractivity contribution in [3.63, 3.8) is 0 Å². The van der Waals surface area contributed by atoms with Crippen molar-refractivity contribution in [3.05, 3.63) is 34.7 Å². The van der Waals surface area contributed by atoms with Crippen molar-refractivity contribution in [2.24, 2.45) is 5.92 Å². The van der Waals surface area contributed by atoms with Gasteiger partial charge in [0.05, 0.1) is 6.04 Å². The maximum Gasteiger partial charge on any atom is 0.408 e. The maximum atomic E-state index is 12.0. The fraction of sp³-hybridized carbons (Fsp3) is 0.444. The largest absolute Gasteiger partial charge is 0.444 e. The summed E-state index contributed by atoms with van der Waals surface area (Å²) in [4.78, 5) is 23.9. The molecule has 0 aromatic heterocycles. The zero-order chi connectivity index (χ0) is 16.3. The number of nitrogens with one attached hydrogen (secondary N) is 1. The number of Topliss-reactive ketones (excluding diaryl/α,β-unsaturated/α-hetero) is 1. The van der Waals surface area contributed by atoms with Crippen LogP contribution in [0.4, 0.5) is 4.79 Å². The van der Waals surface area contributed by atoms with Gasteiger partial charge in [-0.25, -0.2) is 4.79 Å². The number of carbonyl (C=O) groups is 2. The molecule has 1 aliphatic rings. The van der Waals surface area contributed by atoms with E-state index in [1.54, 1.807) is 20.8 Å². The zero-order valence-corrected chi connectivity index (χ0v) is 13.6. The second-order valence-electron chi connectivity index (χ2n) is 6.63. The minimum absolute atomic E-state index is 0.0556. The highest BCUT2D eigenvalue weighted by Crippen LogP contribution is 2.16. The van der Waals surface area contributed by atoms with Crippen molar-refractivity contribution < 1.29 is 14.3 Å². The van der Waals surface area contributed by atoms with Gasteiger partial charge in [0.15, 0.2) is 5.78 Å². The Hall–Kier alpha value is -2.10. The fourth-order valence-corrected chi connectivity index (χ4v) is 2.59. The van der Waals surface area contributed by atoms with Crippen LogP contribution < -0.4 is 15.8 Å². The zero-order valence-electron chi connectivity index (χ0n) is 13.6. The lowest BCUT2D eigenvalue weighted by atomic mass is 9.89. The molecular formula is C18H23NO3. The third-order valence-corrected chi connectivity index (χ3v) is 3.54. The monoisotopic (exact) mass is 301 g/mol. The Morgan fingerprint density at radius 3 is 2.45 bits per heavy atom. The molecule has 0 heterocycles. The summed E-state index contributed by atoms with van der Waals surface area (Å²) in [6, 6.07) is 7.45. The summed E-state index contributed by atoms with van der Waals surface area (Å²) in [6.45, 7) is 6.89. The van der Waals surface area contributed by atoms with Gasteiger partial charge in [-0.15, -0.1) is 0 Å². The van der Waals surface area contributed by atoms with Gasteiger partial charge in [0.25, 0.3) is 0 Å². The molecule has 2 atom stereocenters. The molecule has 1 N–H and O–H groups in total. The summed E-state index contributed by atoms with van der Waals surface area (Å²) >= 11 is 0. The summed E-state index contributed by atoms with van der Waals surface area (Å²) in [5.41, 5.74) is -0.583. The molecule has 1 aromatic carbocycles. The number of alkyl carbamates (subject to hydrolysis) is 1. The molecule has 1 unspecified atom stereocenters. The molecule has 0 aliphatic heterocycles. The van der Waals surface area contributed by atoms with Gasteiger partial charge in [-0.05, 0) is 44.6 Å². The van der Waals surface area contributed by atoms with E-state index in [2.05, 4.69) is 17.5 Å². The average molecular weight is 301 g/mol. The highest BCUT2D eigenvalue weighted by atomic mass is 16.6. The average Bonchev–Trinajstić information content (AvgIpc) is 2.42. The second-order valence-corrected chi connectivity index (χ2v) is 6.63. The van der Waals surface area contributed by atoms with Crippen molar-refractivity contribution >= 4 is 24.0 Å². The molecule has 2 rings (SSSR count). The first-order valence-electron chi connectivity index (χ1n) is 7.53. The quantitative estimate of drug-likeness (QED) is 0.925. The molecule has 4 heteroatoms. The number of ketones is 1. The first kappa shape index (κ1) is 16.3. The Kier molecular flexibility index (Phi) is 4.69. The lowest BCUT2D eigenvalue weighted by Gasteiger charge is -2.26. The SMILES string of the molecule is CC(=O)[C@H](NC(=O)OC(C)(C)C)C1C=c2ccccc2=CC1. The van der Waals surface area contributed by atoms with Crippen molar-refractivity contribution in [2.75, 3.05) is 0 Å². The van der Waals surface area contributed by atoms with Crippen molar-refractivity contribution in [1.82, 2.24) is 5.32 Å². The summed E-state index contributed by atoms with van der Waals surface area (Å²) in [6.07, 6.45) is 4.32. The van der Waals surface area contributed by atoms with Crippen molar-refractivity contribution in [2.45, 2.75) is 45.8 Å². The van der Waals surface area contributed by atoms with E-state index in [1.165, 1.54) is 12.1 Å². The minimum atomic E-state index is -0.583. The third kappa shape index (κ3) is 4.20. The van der Waals surface area contributed by atoms with Crippen molar-refractivity contribution in [1.29, 1.82) is 0 Å². The van der Waals surface area contributed by atoms with Gasteiger partial charge in [0, 0.05) is 5.92 Å². The molecule has 1 amide bonds. The number of ether oxygens (including phenoxy) is 1. The molecule has 0 saturated carbocycles. The van der Waals surface area contributed by atoms with Crippen LogP contribution in [-0.4, -0.2) is 23.5 Å². The molecule has 0 bridgehead atoms. The number of hydrogen-bond donors (Lipinski definition) is 1. The van der Waals surface area contributed by atoms with Gasteiger partial charge in [0.2, 0.25) is 0 Å². The van der Waals surface area contributed by atoms with Gasteiger partial charge >= 0.3 is 6.09 Å². The van der Waals surface area contributed by atoms with Gasteiger partial charge in [-0.1, -0.05) is 36.4 Å². The molecule has 1 aromatic rings. The highest BCUT2D eigenvalue weighted by Gasteiger charge is 2.28. The third-order valence-electron chi connectivity index (χ3n) is 3.54. The predicted octanol–water partition coefficient (Wildman–Crippen LogP) is 1.75. The Morgan fingerprint density at radius 1 is 1.23 bits per heavy atom. The number of benzene rings is 1. The molecule has 0 radical (unpaired) electrons. The number of amides is 1. The van der Waals surface area contributed by atoms with E-state index >= 15 is 0 Å². The maximum absolute atomic E-state index is 12.0. The molecule has 22 heavy (non-hydrogen) atoms. The number of hydrogen-bond acceptors (Lipinski definition) is 3. The van der Waals surface area contributed by atoms with Crippen LogP contribution in [0, 0.1) is 5.92 Å². The Balaban J connectivity index is 2.18. The standard InChI is InChI=1S/C18H23NO3/c1-12(20)16(19-17(21)22-18(2,3)4)15-10-9-13-7-5-6-8-14(13)11-15/h5-9,11,15-16H,10H2,1-4H3,(H,19,21)/t15?,16-/m0/s1. The van der Waals surface area contributed by atoms with Crippen LogP contribution in [0.1, 0.15) is 34.1 Å². The molecule has 0 saturated heterocycles. The summed E-state index contributed by atoms with van der Waals surface area (Å²) in [5.74, 6) is -0.125. The molecule has 1 aliphatic carbocycles. The normalized spacial score (nSPS) is 18.3. The molecule has 0 spiro atoms. The van der Waals surface area contributed by atoms with Gasteiger partial charge < -0.3 is 10.1 Å². The van der Waals surface area contributed by atoms with E-state index in [4.69, 9.17) is 4.74 Å². The van der Waals surface area contributed by atoms with Crippen LogP contribution in [0.15, 0.2) is 24.3 Å². The van der Waals surface area contributed by atoms with E-state index in [0.717, 1.165) is 11.6 Å². The lowest BCUT2D eigenvalue weighted by Crippen LogP contribution is -2.47. The van der Waals surface area contributed by atoms with Crippen LogP contribution in [0.5, 0.6) is 0 Å². The van der Waals surface area contributed by atoms with E-state index in [9.17, 15) is 9.59 Å². The minimum Gasteiger partial charge on any atom is -0.444 e. The Labute approximate surface area is 130 Å². The van der Waals surface area contributed by atoms with Crippen LogP contribution in [0.25, 0.3) is 12.2 Å². The molecular weight excluding hydrogens is 278 g/mol. The summed E-state index contributed by atoms with van der Waals surface area (Å²) in [5, 5.41) is 4.97. The van der Waals surface area contributed by atoms with Crippen LogP contribution >= 0.6 is 0 Å². The van der Waals surface area contributed by atoms with E-state index in [0.29, 0.717) is 0 Å². The topological polar surface area (TPSA) is 55.4 Å². The first-order chi connectivity index (χ1) is 10.3. The van der Waals surface area contributed by atoms with Gasteiger partial charge in [-0.2, -0.15) is 0 Å². The molecule has 118 valence electrons. The fourth-order valence-electron chi connectivity index (χ4n) is 2.59. The van der Waals surface area contributed by atoms with E-state index in [-0.39, 0.29) is 11.7 Å². The number of fused-ring (bicyclic) bond motifs is 1. The summed E-state index contributed by atoms with van der Waals surface area (Å²) in [7, 11) is 0. The van der Waals surface area contributed by atoms with Crippen LogP contribution in [-0.2, 0) is 9.53 Å². The molecule has 0 fully saturated rings. The van der Waals surface area contributed by atoms with Crippen LogP contribution in [0.3, 0.4) is 0 Å². The van der Waals surface area contributed by atoms with Gasteiger partial charge in [-0.3, -0.25) is 4.79 Å². The van der Waals surface area contributed by atoms with Gasteiger partial charge in [0.1, 0.15) is 5.60 Å². The van der Waals surface area contributed by atoms with E-state index < -0.39 is 17.7 Å². The lowest BCUT2D eigenvalue weighted by molar-refractivity contribution is -0.119. The first-order valence-corrected chi connectivity index (χ1v) is 7.53. The number of carbonyl (C=O) groups excluding carboxylic acids is 2. The van der Waals surface area contributed by atoms with E-state index in [1.807, 2.05) is 24.3 Å². The van der Waals surface area contributed by atoms with Crippen molar-refractivity contribution in [3.8, 4) is 0 Å². The van der Waals surface area contributed by atoms with Crippen LogP contribution in [0.2, 0.25) is 0 Å². The highest BCUT2D eigenvalue weighted by molar-refractivity contribution is 5.86. The summed E-state index contributed by atoms with van der Waals surface area (Å²) < 4.78 is 5.25. The smallest absolute Gasteiger partial charge is 0.408 e. The number of rotatable bonds is 3. The Morgan fingerprint density at radius 2 is 1.86 bits per heavy atom.